The number of carbonyl (C=O) groups excluding carboxylic acids is 1. The van der Waals surface area contributed by atoms with E-state index in [9.17, 15) is 13.6 Å². The number of hydrogen-bond donors (Lipinski definition) is 1. The summed E-state index contributed by atoms with van der Waals surface area (Å²) >= 11 is 2.75. The summed E-state index contributed by atoms with van der Waals surface area (Å²) in [5, 5.41) is 7.61. The molecule has 146 valence electrons. The second kappa shape index (κ2) is 6.93. The molecule has 0 bridgehead atoms. The molecule has 3 heterocycles. The van der Waals surface area contributed by atoms with E-state index in [0.717, 1.165) is 16.3 Å². The molecule has 0 spiro atoms. The number of aromatic nitrogens is 3. The fourth-order valence-electron chi connectivity index (χ4n) is 3.43. The van der Waals surface area contributed by atoms with E-state index in [4.69, 9.17) is 0 Å². The number of carbonyl (C=O) groups is 1. The summed E-state index contributed by atoms with van der Waals surface area (Å²) in [5.41, 5.74) is 2.51. The van der Waals surface area contributed by atoms with Crippen LogP contribution in [0.1, 0.15) is 22.1 Å². The van der Waals surface area contributed by atoms with Gasteiger partial charge in [0.25, 0.3) is 0 Å². The van der Waals surface area contributed by atoms with E-state index in [1.807, 2.05) is 31.2 Å². The number of thiazole rings is 1. The lowest BCUT2D eigenvalue weighted by molar-refractivity contribution is -0.113. The van der Waals surface area contributed by atoms with E-state index < -0.39 is 16.9 Å². The summed E-state index contributed by atoms with van der Waals surface area (Å²) < 4.78 is 30.6. The van der Waals surface area contributed by atoms with E-state index >= 15 is 0 Å². The van der Waals surface area contributed by atoms with Crippen molar-refractivity contribution in [2.45, 2.75) is 12.2 Å². The molecule has 1 amide bonds. The predicted octanol–water partition coefficient (Wildman–Crippen LogP) is 4.84. The lowest BCUT2D eigenvalue weighted by Crippen LogP contribution is -2.15. The molecule has 2 aromatic carbocycles. The van der Waals surface area contributed by atoms with Crippen molar-refractivity contribution in [3.8, 4) is 5.13 Å². The van der Waals surface area contributed by atoms with E-state index in [1.165, 1.54) is 35.2 Å². The highest BCUT2D eigenvalue weighted by atomic mass is 32.2. The van der Waals surface area contributed by atoms with Crippen LogP contribution < -0.4 is 5.32 Å². The number of halogens is 2. The van der Waals surface area contributed by atoms with Gasteiger partial charge in [0.2, 0.25) is 11.0 Å². The van der Waals surface area contributed by atoms with Crippen LogP contribution in [0.15, 0.2) is 42.5 Å². The molecule has 2 aromatic heterocycles. The van der Waals surface area contributed by atoms with Gasteiger partial charge < -0.3 is 5.32 Å². The third kappa shape index (κ3) is 3.10. The SMILES string of the molecule is Cc1nn(-c2nc3ccccc3s2)c2c1[C@H](c1ccc(F)cc1F)SCC(=O)N2. The number of nitrogens with one attached hydrogen (secondary N) is 1. The maximum atomic E-state index is 14.6. The molecular weight excluding hydrogens is 414 g/mol. The number of para-hydroxylation sites is 1. The molecule has 9 heteroatoms. The molecule has 0 saturated carbocycles. The Labute approximate surface area is 172 Å². The molecule has 5 rings (SSSR count). The largest absolute Gasteiger partial charge is 0.310 e. The first-order valence-corrected chi connectivity index (χ1v) is 10.7. The van der Waals surface area contributed by atoms with Crippen LogP contribution in [0.4, 0.5) is 14.6 Å². The van der Waals surface area contributed by atoms with Crippen LogP contribution in [-0.2, 0) is 4.79 Å². The Morgan fingerprint density at radius 2 is 2.03 bits per heavy atom. The minimum Gasteiger partial charge on any atom is -0.310 e. The Morgan fingerprint density at radius 3 is 2.83 bits per heavy atom. The average molecular weight is 428 g/mol. The van der Waals surface area contributed by atoms with Gasteiger partial charge >= 0.3 is 0 Å². The quantitative estimate of drug-likeness (QED) is 0.496. The topological polar surface area (TPSA) is 59.8 Å². The molecule has 1 aliphatic rings. The molecule has 5 nitrogen and oxygen atoms in total. The van der Waals surface area contributed by atoms with Gasteiger partial charge in [-0.2, -0.15) is 9.78 Å². The zero-order valence-corrected chi connectivity index (χ0v) is 16.8. The van der Waals surface area contributed by atoms with Crippen LogP contribution in [0.25, 0.3) is 15.3 Å². The fraction of sp³-hybridized carbons (Fsp3) is 0.150. The molecular formula is C20H14F2N4OS2. The van der Waals surface area contributed by atoms with Crippen molar-refractivity contribution in [1.82, 2.24) is 14.8 Å². The number of amides is 1. The lowest BCUT2D eigenvalue weighted by Gasteiger charge is -2.16. The first-order chi connectivity index (χ1) is 14.0. The molecule has 1 N–H and O–H groups in total. The highest BCUT2D eigenvalue weighted by molar-refractivity contribution is 8.00. The monoisotopic (exact) mass is 428 g/mol. The third-order valence-electron chi connectivity index (χ3n) is 4.72. The van der Waals surface area contributed by atoms with Gasteiger partial charge in [-0.05, 0) is 25.1 Å². The van der Waals surface area contributed by atoms with Crippen molar-refractivity contribution >= 4 is 45.0 Å². The number of nitrogens with zero attached hydrogens (tertiary/aromatic N) is 3. The first-order valence-electron chi connectivity index (χ1n) is 8.83. The van der Waals surface area contributed by atoms with Gasteiger partial charge in [0.1, 0.15) is 17.5 Å². The first kappa shape index (κ1) is 18.3. The van der Waals surface area contributed by atoms with Crippen LogP contribution in [0.2, 0.25) is 0 Å². The number of rotatable bonds is 2. The Balaban J connectivity index is 1.70. The highest BCUT2D eigenvalue weighted by Crippen LogP contribution is 2.45. The van der Waals surface area contributed by atoms with E-state index in [2.05, 4.69) is 15.4 Å². The molecule has 1 atom stereocenters. The average Bonchev–Trinajstić information content (AvgIpc) is 3.19. The summed E-state index contributed by atoms with van der Waals surface area (Å²) in [6, 6.07) is 11.2. The van der Waals surface area contributed by atoms with Crippen LogP contribution >= 0.6 is 23.1 Å². The van der Waals surface area contributed by atoms with Crippen LogP contribution in [0.3, 0.4) is 0 Å². The summed E-state index contributed by atoms with van der Waals surface area (Å²) in [7, 11) is 0. The number of aryl methyl sites for hydroxylation is 1. The highest BCUT2D eigenvalue weighted by Gasteiger charge is 2.32. The third-order valence-corrected chi connectivity index (χ3v) is 6.98. The Hall–Kier alpha value is -2.78. The summed E-state index contributed by atoms with van der Waals surface area (Å²) in [4.78, 5) is 17.0. The number of hydrogen-bond acceptors (Lipinski definition) is 5. The van der Waals surface area contributed by atoms with Crippen molar-refractivity contribution in [3.63, 3.8) is 0 Å². The predicted molar refractivity (Wildman–Crippen MR) is 111 cm³/mol. The maximum Gasteiger partial charge on any atom is 0.235 e. The molecule has 0 aliphatic carbocycles. The molecule has 4 aromatic rings. The molecule has 0 radical (unpaired) electrons. The number of fused-ring (bicyclic) bond motifs is 2. The molecule has 29 heavy (non-hydrogen) atoms. The van der Waals surface area contributed by atoms with Gasteiger partial charge in [0.05, 0.1) is 26.9 Å². The number of benzene rings is 2. The Bertz CT molecular complexity index is 1230. The zero-order valence-electron chi connectivity index (χ0n) is 15.1. The van der Waals surface area contributed by atoms with Gasteiger partial charge in [-0.3, -0.25) is 4.79 Å². The van der Waals surface area contributed by atoms with E-state index in [-0.39, 0.29) is 11.7 Å². The standard InChI is InChI=1S/C20H14F2N4OS2/c1-10-17-18(12-7-6-11(21)8-13(12)22)28-9-16(27)24-19(17)26(25-10)20-23-14-4-2-3-5-15(14)29-20/h2-8,18H,9H2,1H3,(H,24,27)/t18-/m0/s1. The zero-order chi connectivity index (χ0) is 20.1. The van der Waals surface area contributed by atoms with Crippen LogP contribution in [0.5, 0.6) is 0 Å². The molecule has 0 fully saturated rings. The minimum absolute atomic E-state index is 0.148. The number of anilines is 1. The fourth-order valence-corrected chi connectivity index (χ4v) is 5.57. The van der Waals surface area contributed by atoms with Crippen LogP contribution in [0, 0.1) is 18.6 Å². The normalized spacial score (nSPS) is 16.5. The summed E-state index contributed by atoms with van der Waals surface area (Å²) in [6.07, 6.45) is 0. The van der Waals surface area contributed by atoms with E-state index in [1.54, 1.807) is 4.68 Å². The van der Waals surface area contributed by atoms with Gasteiger partial charge in [-0.15, -0.1) is 11.8 Å². The Kier molecular flexibility index (Phi) is 4.36. The van der Waals surface area contributed by atoms with Crippen molar-refractivity contribution < 1.29 is 13.6 Å². The summed E-state index contributed by atoms with van der Waals surface area (Å²) in [5.74, 6) is -0.861. The van der Waals surface area contributed by atoms with Crippen molar-refractivity contribution in [3.05, 3.63) is 70.9 Å². The maximum absolute atomic E-state index is 14.6. The second-order valence-corrected chi connectivity index (χ2v) is 8.73. The molecule has 0 saturated heterocycles. The van der Waals surface area contributed by atoms with Gasteiger partial charge in [0.15, 0.2) is 0 Å². The van der Waals surface area contributed by atoms with Gasteiger partial charge in [-0.1, -0.05) is 29.5 Å². The number of thioether (sulfide) groups is 1. The summed E-state index contributed by atoms with van der Waals surface area (Å²) in [6.45, 7) is 1.81. The molecule has 0 unspecified atom stereocenters. The van der Waals surface area contributed by atoms with Crippen molar-refractivity contribution in [2.75, 3.05) is 11.1 Å². The van der Waals surface area contributed by atoms with Gasteiger partial charge in [0, 0.05) is 17.2 Å². The van der Waals surface area contributed by atoms with Crippen LogP contribution in [-0.4, -0.2) is 26.4 Å². The van der Waals surface area contributed by atoms with Crippen molar-refractivity contribution in [2.24, 2.45) is 0 Å². The lowest BCUT2D eigenvalue weighted by atomic mass is 10.0. The Morgan fingerprint density at radius 1 is 1.21 bits per heavy atom. The smallest absolute Gasteiger partial charge is 0.235 e. The van der Waals surface area contributed by atoms with Gasteiger partial charge in [-0.25, -0.2) is 13.8 Å². The minimum atomic E-state index is -0.644. The molecule has 1 aliphatic heterocycles. The second-order valence-electron chi connectivity index (χ2n) is 6.63. The van der Waals surface area contributed by atoms with Crippen molar-refractivity contribution in [1.29, 1.82) is 0 Å². The van der Waals surface area contributed by atoms with E-state index in [0.29, 0.717) is 27.8 Å².